The van der Waals surface area contributed by atoms with Gasteiger partial charge >= 0.3 is 0 Å². The van der Waals surface area contributed by atoms with Crippen molar-refractivity contribution in [3.8, 4) is 0 Å². The molecule has 0 spiro atoms. The van der Waals surface area contributed by atoms with E-state index in [2.05, 4.69) is 55.2 Å². The molecule has 0 bridgehead atoms. The van der Waals surface area contributed by atoms with Gasteiger partial charge in [0.15, 0.2) is 12.7 Å². The van der Waals surface area contributed by atoms with Crippen LogP contribution in [0.2, 0.25) is 5.02 Å². The van der Waals surface area contributed by atoms with E-state index in [1.54, 1.807) is 45.8 Å². The first kappa shape index (κ1) is 22.4. The number of halogens is 2. The van der Waals surface area contributed by atoms with Gasteiger partial charge in [-0.25, -0.2) is 0 Å². The van der Waals surface area contributed by atoms with Crippen molar-refractivity contribution in [3.63, 3.8) is 0 Å². The van der Waals surface area contributed by atoms with Crippen LogP contribution in [0.15, 0.2) is 55.4 Å². The van der Waals surface area contributed by atoms with E-state index in [0.29, 0.717) is 11.6 Å². The lowest BCUT2D eigenvalue weighted by Crippen LogP contribution is -2.36. The molecule has 4 aromatic rings. The lowest BCUT2D eigenvalue weighted by Gasteiger charge is -2.12. The number of thioether (sulfide) groups is 1. The fraction of sp³-hybridized carbons (Fsp3) is 0.182. The molecule has 0 aliphatic carbocycles. The molecular weight excluding hydrogens is 566 g/mol. The molecule has 5 rings (SSSR count). The van der Waals surface area contributed by atoms with Crippen LogP contribution in [0.5, 0.6) is 0 Å². The standard InChI is InChI=1S/C22H18BrClN3OS4/c1-3-27-19(11-18-26(8-9-29-18)12-14-5-7-17(23)30-14)32-20(21(27)28)22-25(2)15-6-4-13(24)10-16(15)31-22/h4-11H,3,12H2,1-2H3/q+1/b22-20-. The second kappa shape index (κ2) is 9.12. The third kappa shape index (κ3) is 4.15. The van der Waals surface area contributed by atoms with Crippen molar-refractivity contribution >= 4 is 90.1 Å². The third-order valence-electron chi connectivity index (χ3n) is 5.13. The molecule has 164 valence electrons. The molecule has 1 aliphatic heterocycles. The lowest BCUT2D eigenvalue weighted by molar-refractivity contribution is -0.684. The van der Waals surface area contributed by atoms with Crippen LogP contribution >= 0.6 is 73.3 Å². The Bertz CT molecular complexity index is 1500. The molecule has 32 heavy (non-hydrogen) atoms. The van der Waals surface area contributed by atoms with Gasteiger partial charge in [0, 0.05) is 23.5 Å². The number of benzene rings is 1. The van der Waals surface area contributed by atoms with Gasteiger partial charge in [0.05, 0.1) is 25.8 Å². The normalized spacial score (nSPS) is 15.6. The fourth-order valence-corrected chi connectivity index (χ4v) is 8.64. The molecule has 0 fully saturated rings. The minimum atomic E-state index is 0.0577. The minimum Gasteiger partial charge on any atom is -0.337 e. The van der Waals surface area contributed by atoms with Crippen molar-refractivity contribution in [3.05, 3.63) is 80.2 Å². The van der Waals surface area contributed by atoms with Gasteiger partial charge in [0.2, 0.25) is 0 Å². The Morgan fingerprint density at radius 1 is 1.22 bits per heavy atom. The number of thiophene rings is 1. The zero-order valence-corrected chi connectivity index (χ0v) is 22.8. The number of thiazole rings is 2. The first-order valence-electron chi connectivity index (χ1n) is 9.82. The second-order valence-corrected chi connectivity index (χ2v) is 13.1. The molecule has 0 unspecified atom stereocenters. The van der Waals surface area contributed by atoms with E-state index in [4.69, 9.17) is 11.6 Å². The number of hydrogen-bond acceptors (Lipinski definition) is 6. The SMILES string of the molecule is CCn1c(=O)/c(=C2/Sc3cc(Cl)ccc3N2C)s/c1=C\c1scc[n+]1Cc1ccc(Br)s1. The van der Waals surface area contributed by atoms with Crippen molar-refractivity contribution in [2.24, 2.45) is 0 Å². The zero-order valence-electron chi connectivity index (χ0n) is 17.2. The van der Waals surface area contributed by atoms with Crippen molar-refractivity contribution in [2.45, 2.75) is 24.9 Å². The summed E-state index contributed by atoms with van der Waals surface area (Å²) in [6, 6.07) is 10.1. The highest BCUT2D eigenvalue weighted by Crippen LogP contribution is 2.46. The van der Waals surface area contributed by atoms with E-state index in [9.17, 15) is 4.79 Å². The molecule has 0 radical (unpaired) electrons. The van der Waals surface area contributed by atoms with Gasteiger partial charge in [-0.15, -0.1) is 22.7 Å². The van der Waals surface area contributed by atoms with E-state index in [-0.39, 0.29) is 5.56 Å². The largest absolute Gasteiger partial charge is 0.337 e. The molecule has 0 N–H and O–H groups in total. The number of aromatic nitrogens is 2. The summed E-state index contributed by atoms with van der Waals surface area (Å²) in [4.78, 5) is 17.8. The smallest absolute Gasteiger partial charge is 0.271 e. The summed E-state index contributed by atoms with van der Waals surface area (Å²) in [5, 5.41) is 4.88. The predicted molar refractivity (Wildman–Crippen MR) is 142 cm³/mol. The summed E-state index contributed by atoms with van der Waals surface area (Å²) in [7, 11) is 2.01. The monoisotopic (exact) mass is 582 g/mol. The Morgan fingerprint density at radius 2 is 2.06 bits per heavy atom. The molecule has 1 aromatic carbocycles. The summed E-state index contributed by atoms with van der Waals surface area (Å²) in [6.07, 6.45) is 4.24. The number of nitrogens with zero attached hydrogens (tertiary/aromatic N) is 3. The minimum absolute atomic E-state index is 0.0577. The van der Waals surface area contributed by atoms with Crippen LogP contribution in [0.4, 0.5) is 5.69 Å². The van der Waals surface area contributed by atoms with Crippen molar-refractivity contribution in [1.82, 2.24) is 4.57 Å². The van der Waals surface area contributed by atoms with Crippen LogP contribution in [0, 0.1) is 0 Å². The number of rotatable bonds is 4. The number of fused-ring (bicyclic) bond motifs is 1. The Balaban J connectivity index is 1.61. The number of hydrogen-bond donors (Lipinski definition) is 0. The fourth-order valence-electron chi connectivity index (χ4n) is 3.57. The van der Waals surface area contributed by atoms with E-state index >= 15 is 0 Å². The van der Waals surface area contributed by atoms with Gasteiger partial charge in [0.25, 0.3) is 10.6 Å². The molecule has 0 saturated carbocycles. The lowest BCUT2D eigenvalue weighted by atomic mass is 10.3. The van der Waals surface area contributed by atoms with Gasteiger partial charge in [-0.1, -0.05) is 34.7 Å². The molecule has 4 heterocycles. The summed E-state index contributed by atoms with van der Waals surface area (Å²) in [5.41, 5.74) is 1.14. The summed E-state index contributed by atoms with van der Waals surface area (Å²) < 4.78 is 6.96. The van der Waals surface area contributed by atoms with Crippen molar-refractivity contribution < 1.29 is 4.57 Å². The molecule has 4 nitrogen and oxygen atoms in total. The van der Waals surface area contributed by atoms with Crippen LogP contribution in [0.3, 0.4) is 0 Å². The van der Waals surface area contributed by atoms with E-state index < -0.39 is 0 Å². The number of anilines is 1. The maximum Gasteiger partial charge on any atom is 0.271 e. The quantitative estimate of drug-likeness (QED) is 0.319. The molecular formula is C22H18BrClN3OS4+. The Hall–Kier alpha value is -1.36. The maximum absolute atomic E-state index is 13.3. The zero-order chi connectivity index (χ0) is 22.4. The first-order chi connectivity index (χ1) is 15.4. The molecule has 0 amide bonds. The second-order valence-electron chi connectivity index (χ2n) is 7.12. The molecule has 0 atom stereocenters. The molecule has 0 saturated heterocycles. The van der Waals surface area contributed by atoms with Crippen LogP contribution in [-0.4, -0.2) is 11.6 Å². The Labute approximate surface area is 214 Å². The van der Waals surface area contributed by atoms with Crippen molar-refractivity contribution in [2.75, 3.05) is 11.9 Å². The Kier molecular flexibility index (Phi) is 6.39. The molecule has 1 aliphatic rings. The highest BCUT2D eigenvalue weighted by molar-refractivity contribution is 9.11. The molecule has 3 aromatic heterocycles. The molecule has 10 heteroatoms. The van der Waals surface area contributed by atoms with Gasteiger partial charge in [-0.2, -0.15) is 4.57 Å². The van der Waals surface area contributed by atoms with Gasteiger partial charge in [0.1, 0.15) is 14.2 Å². The predicted octanol–water partition coefficient (Wildman–Crippen LogP) is 4.94. The van der Waals surface area contributed by atoms with Gasteiger partial charge in [-0.05, 0) is 53.2 Å². The highest BCUT2D eigenvalue weighted by Gasteiger charge is 2.25. The average Bonchev–Trinajstić information content (AvgIpc) is 3.51. The maximum atomic E-state index is 13.3. The Morgan fingerprint density at radius 3 is 2.81 bits per heavy atom. The summed E-state index contributed by atoms with van der Waals surface area (Å²) in [5.74, 6) is 0. The van der Waals surface area contributed by atoms with Crippen LogP contribution in [0.25, 0.3) is 11.1 Å². The summed E-state index contributed by atoms with van der Waals surface area (Å²) >= 11 is 16.3. The van der Waals surface area contributed by atoms with E-state index in [1.807, 2.05) is 36.7 Å². The van der Waals surface area contributed by atoms with Crippen LogP contribution in [-0.2, 0) is 13.1 Å². The van der Waals surface area contributed by atoms with Crippen LogP contribution < -0.4 is 24.2 Å². The van der Waals surface area contributed by atoms with E-state index in [0.717, 1.165) is 40.1 Å². The average molecular weight is 584 g/mol. The van der Waals surface area contributed by atoms with E-state index in [1.165, 1.54) is 4.88 Å². The highest BCUT2D eigenvalue weighted by atomic mass is 79.9. The van der Waals surface area contributed by atoms with Gasteiger partial charge < -0.3 is 4.90 Å². The summed E-state index contributed by atoms with van der Waals surface area (Å²) in [6.45, 7) is 3.46. The van der Waals surface area contributed by atoms with Crippen molar-refractivity contribution in [1.29, 1.82) is 0 Å². The first-order valence-corrected chi connectivity index (χ1v) is 14.3. The van der Waals surface area contributed by atoms with Crippen LogP contribution in [0.1, 0.15) is 16.8 Å². The van der Waals surface area contributed by atoms with Gasteiger partial charge in [-0.3, -0.25) is 9.36 Å². The third-order valence-corrected chi connectivity index (χ3v) is 10.3. The topological polar surface area (TPSA) is 29.1 Å².